The van der Waals surface area contributed by atoms with Gasteiger partial charge in [-0.25, -0.2) is 0 Å². The van der Waals surface area contributed by atoms with E-state index in [1.165, 1.54) is 29.2 Å². The maximum Gasteiger partial charge on any atom is 0.320 e. The minimum absolute atomic E-state index is 0.400. The van der Waals surface area contributed by atoms with Gasteiger partial charge in [-0.15, -0.1) is 10.2 Å². The van der Waals surface area contributed by atoms with Crippen LogP contribution < -0.4 is 5.32 Å². The number of aliphatic carboxylic acids is 1. The van der Waals surface area contributed by atoms with Gasteiger partial charge in [0.2, 0.25) is 0 Å². The van der Waals surface area contributed by atoms with E-state index < -0.39 is 12.0 Å². The molecule has 32 heavy (non-hydrogen) atoms. The van der Waals surface area contributed by atoms with Gasteiger partial charge in [0.25, 0.3) is 0 Å². The minimum Gasteiger partial charge on any atom is -0.480 e. The Morgan fingerprint density at radius 2 is 1.94 bits per heavy atom. The normalized spacial score (nSPS) is 25.7. The zero-order valence-electron chi connectivity index (χ0n) is 18.2. The standard InChI is InChI=1S/C24H30N6O2/c31-24(32)22-11-21-10-17(6-8-20(21)12-25-22)14-30(15-23-26-28-29-27-23)13-16-5-7-18-3-1-2-4-19(18)9-16/h1-5,7,9,17,20-22,25H,6,8,10-15H2,(H,31,32)(H,26,27,28,29)/t17-,20-,21+,22-/m0/s1. The number of aromatic nitrogens is 4. The molecule has 4 atom stereocenters. The van der Waals surface area contributed by atoms with Crippen molar-refractivity contribution in [3.63, 3.8) is 0 Å². The maximum atomic E-state index is 11.5. The van der Waals surface area contributed by atoms with Crippen LogP contribution in [0.2, 0.25) is 0 Å². The van der Waals surface area contributed by atoms with Crippen LogP contribution in [-0.2, 0) is 17.9 Å². The minimum atomic E-state index is -0.722. The Hall–Kier alpha value is -2.84. The van der Waals surface area contributed by atoms with Crippen LogP contribution in [-0.4, -0.2) is 55.7 Å². The SMILES string of the molecule is O=C(O)[C@@H]1C[C@H]2C[C@@H](CN(Cc3ccc4ccccc4c3)Cc3nn[nH]n3)CC[C@H]2CN1. The first kappa shape index (κ1) is 21.0. The number of carboxylic acid groups (broad SMARTS) is 1. The van der Waals surface area contributed by atoms with Crippen molar-refractivity contribution in [2.75, 3.05) is 13.1 Å². The Balaban J connectivity index is 1.29. The van der Waals surface area contributed by atoms with E-state index in [9.17, 15) is 9.90 Å². The number of rotatable bonds is 7. The van der Waals surface area contributed by atoms with Crippen molar-refractivity contribution in [2.24, 2.45) is 17.8 Å². The van der Waals surface area contributed by atoms with Gasteiger partial charge in [-0.3, -0.25) is 9.69 Å². The summed E-state index contributed by atoms with van der Waals surface area (Å²) in [5, 5.41) is 29.8. The number of nitrogens with zero attached hydrogens (tertiary/aromatic N) is 4. The third-order valence-electron chi connectivity index (χ3n) is 7.20. The number of hydrogen-bond acceptors (Lipinski definition) is 6. The van der Waals surface area contributed by atoms with Crippen molar-refractivity contribution < 1.29 is 9.90 Å². The van der Waals surface area contributed by atoms with Crippen LogP contribution in [0.4, 0.5) is 0 Å². The van der Waals surface area contributed by atoms with Gasteiger partial charge in [0, 0.05) is 13.1 Å². The Kier molecular flexibility index (Phi) is 6.14. The number of carboxylic acids is 1. The highest BCUT2D eigenvalue weighted by Gasteiger charge is 2.38. The molecule has 3 aromatic rings. The lowest BCUT2D eigenvalue weighted by atomic mass is 9.69. The molecule has 168 valence electrons. The number of fused-ring (bicyclic) bond motifs is 2. The van der Waals surface area contributed by atoms with E-state index in [4.69, 9.17) is 0 Å². The fraction of sp³-hybridized carbons (Fsp3) is 0.500. The molecule has 1 saturated carbocycles. The first-order valence-electron chi connectivity index (χ1n) is 11.5. The summed E-state index contributed by atoms with van der Waals surface area (Å²) in [5.74, 6) is 1.63. The summed E-state index contributed by atoms with van der Waals surface area (Å²) < 4.78 is 0. The zero-order valence-corrected chi connectivity index (χ0v) is 18.2. The average molecular weight is 435 g/mol. The number of hydrogen-bond donors (Lipinski definition) is 3. The number of aromatic amines is 1. The van der Waals surface area contributed by atoms with E-state index in [-0.39, 0.29) is 0 Å². The first-order valence-corrected chi connectivity index (χ1v) is 11.5. The van der Waals surface area contributed by atoms with Crippen LogP contribution in [0.5, 0.6) is 0 Å². The van der Waals surface area contributed by atoms with Gasteiger partial charge in [-0.2, -0.15) is 5.21 Å². The molecule has 5 rings (SSSR count). The summed E-state index contributed by atoms with van der Waals surface area (Å²) >= 11 is 0. The highest BCUT2D eigenvalue weighted by Crippen LogP contribution is 2.39. The molecule has 2 aromatic carbocycles. The molecule has 0 radical (unpaired) electrons. The predicted octanol–water partition coefficient (Wildman–Crippen LogP) is 2.83. The van der Waals surface area contributed by atoms with Crippen molar-refractivity contribution in [1.82, 2.24) is 30.8 Å². The Morgan fingerprint density at radius 3 is 2.75 bits per heavy atom. The number of tetrazole rings is 1. The lowest BCUT2D eigenvalue weighted by Crippen LogP contribution is -2.50. The van der Waals surface area contributed by atoms with E-state index in [1.807, 2.05) is 0 Å². The molecule has 1 aromatic heterocycles. The van der Waals surface area contributed by atoms with Crippen molar-refractivity contribution in [1.29, 1.82) is 0 Å². The third kappa shape index (κ3) is 4.81. The van der Waals surface area contributed by atoms with Crippen molar-refractivity contribution >= 4 is 16.7 Å². The second-order valence-corrected chi connectivity index (χ2v) is 9.41. The largest absolute Gasteiger partial charge is 0.480 e. The zero-order chi connectivity index (χ0) is 21.9. The summed E-state index contributed by atoms with van der Waals surface area (Å²) in [6.45, 7) is 3.25. The highest BCUT2D eigenvalue weighted by atomic mass is 16.4. The van der Waals surface area contributed by atoms with Gasteiger partial charge >= 0.3 is 5.97 Å². The average Bonchev–Trinajstić information content (AvgIpc) is 3.31. The first-order chi connectivity index (χ1) is 15.6. The molecular formula is C24H30N6O2. The molecular weight excluding hydrogens is 404 g/mol. The van der Waals surface area contributed by atoms with E-state index in [2.05, 4.69) is 73.3 Å². The van der Waals surface area contributed by atoms with E-state index in [0.717, 1.165) is 32.5 Å². The summed E-state index contributed by atoms with van der Waals surface area (Å²) in [7, 11) is 0. The van der Waals surface area contributed by atoms with Gasteiger partial charge in [0.15, 0.2) is 5.82 Å². The summed E-state index contributed by atoms with van der Waals surface area (Å²) in [4.78, 5) is 13.9. The molecule has 3 N–H and O–H groups in total. The van der Waals surface area contributed by atoms with Crippen molar-refractivity contribution in [3.8, 4) is 0 Å². The quantitative estimate of drug-likeness (QED) is 0.525. The van der Waals surface area contributed by atoms with Crippen LogP contribution in [0.3, 0.4) is 0 Å². The molecule has 1 saturated heterocycles. The molecule has 8 nitrogen and oxygen atoms in total. The number of H-pyrrole nitrogens is 1. The molecule has 0 spiro atoms. The summed E-state index contributed by atoms with van der Waals surface area (Å²) in [5.41, 5.74) is 1.27. The lowest BCUT2D eigenvalue weighted by molar-refractivity contribution is -0.141. The number of piperidine rings is 1. The predicted molar refractivity (Wildman–Crippen MR) is 121 cm³/mol. The van der Waals surface area contributed by atoms with E-state index in [1.54, 1.807) is 0 Å². The van der Waals surface area contributed by atoms with Gasteiger partial charge in [-0.05, 0) is 72.4 Å². The molecule has 1 aliphatic carbocycles. The van der Waals surface area contributed by atoms with Gasteiger partial charge in [0.1, 0.15) is 6.04 Å². The van der Waals surface area contributed by atoms with Crippen LogP contribution in [0.1, 0.15) is 37.1 Å². The monoisotopic (exact) mass is 434 g/mol. The summed E-state index contributed by atoms with van der Waals surface area (Å²) in [6.07, 6.45) is 4.18. The molecule has 8 heteroatoms. The highest BCUT2D eigenvalue weighted by molar-refractivity contribution is 5.82. The lowest BCUT2D eigenvalue weighted by Gasteiger charge is -2.42. The maximum absolute atomic E-state index is 11.5. The summed E-state index contributed by atoms with van der Waals surface area (Å²) in [6, 6.07) is 14.7. The number of nitrogens with one attached hydrogen (secondary N) is 2. The van der Waals surface area contributed by atoms with Crippen LogP contribution in [0, 0.1) is 17.8 Å². The molecule has 2 fully saturated rings. The fourth-order valence-electron chi connectivity index (χ4n) is 5.61. The fourth-order valence-corrected chi connectivity index (χ4v) is 5.61. The Labute approximate surface area is 187 Å². The molecule has 1 aliphatic heterocycles. The van der Waals surface area contributed by atoms with E-state index >= 15 is 0 Å². The molecule has 2 aliphatic rings. The topological polar surface area (TPSA) is 107 Å². The van der Waals surface area contributed by atoms with E-state index in [0.29, 0.717) is 30.1 Å². The number of carbonyl (C=O) groups is 1. The van der Waals surface area contributed by atoms with Crippen molar-refractivity contribution in [2.45, 2.75) is 44.8 Å². The Bertz CT molecular complexity index is 1060. The van der Waals surface area contributed by atoms with Gasteiger partial charge < -0.3 is 10.4 Å². The molecule has 0 unspecified atom stereocenters. The molecule has 2 heterocycles. The van der Waals surface area contributed by atoms with Crippen LogP contribution in [0.15, 0.2) is 42.5 Å². The van der Waals surface area contributed by atoms with Crippen molar-refractivity contribution in [3.05, 3.63) is 53.9 Å². The second-order valence-electron chi connectivity index (χ2n) is 9.41. The smallest absolute Gasteiger partial charge is 0.320 e. The second kappa shape index (κ2) is 9.34. The Morgan fingerprint density at radius 1 is 1.06 bits per heavy atom. The van der Waals surface area contributed by atoms with Crippen LogP contribution in [0.25, 0.3) is 10.8 Å². The number of benzene rings is 2. The third-order valence-corrected chi connectivity index (χ3v) is 7.20. The molecule has 0 bridgehead atoms. The van der Waals surface area contributed by atoms with Crippen LogP contribution >= 0.6 is 0 Å². The van der Waals surface area contributed by atoms with Gasteiger partial charge in [0.05, 0.1) is 6.54 Å². The molecule has 0 amide bonds. The van der Waals surface area contributed by atoms with Gasteiger partial charge in [-0.1, -0.05) is 41.6 Å².